The molecule has 1 aliphatic heterocycles. The van der Waals surface area contributed by atoms with Crippen LogP contribution in [-0.2, 0) is 11.8 Å². The van der Waals surface area contributed by atoms with Gasteiger partial charge in [-0.3, -0.25) is 14.3 Å². The van der Waals surface area contributed by atoms with Gasteiger partial charge in [-0.2, -0.15) is 5.10 Å². The van der Waals surface area contributed by atoms with Crippen molar-refractivity contribution in [3.8, 4) is 5.69 Å². The van der Waals surface area contributed by atoms with Crippen molar-refractivity contribution in [2.24, 2.45) is 17.3 Å². The van der Waals surface area contributed by atoms with Crippen LogP contribution in [0.2, 0.25) is 0 Å². The van der Waals surface area contributed by atoms with Crippen LogP contribution in [-0.4, -0.2) is 26.7 Å². The molecule has 10 heteroatoms. The van der Waals surface area contributed by atoms with E-state index in [1.165, 1.54) is 16.7 Å². The fourth-order valence-corrected chi connectivity index (χ4v) is 5.41. The van der Waals surface area contributed by atoms with Gasteiger partial charge in [-0.25, -0.2) is 9.58 Å². The Balaban J connectivity index is 1.61. The normalized spacial score (nSPS) is 15.9. The van der Waals surface area contributed by atoms with Crippen LogP contribution in [0.25, 0.3) is 11.8 Å². The van der Waals surface area contributed by atoms with Crippen molar-refractivity contribution in [1.29, 1.82) is 0 Å². The monoisotopic (exact) mass is 649 g/mol. The van der Waals surface area contributed by atoms with Gasteiger partial charge in [0, 0.05) is 16.0 Å². The molecular formula is C28H21Br2N5O2S. The second-order valence-corrected chi connectivity index (χ2v) is 11.2. The quantitative estimate of drug-likeness (QED) is 0.140. The number of halogens is 2. The van der Waals surface area contributed by atoms with E-state index in [9.17, 15) is 9.59 Å². The average Bonchev–Trinajstić information content (AvgIpc) is 3.33. The molecule has 1 saturated heterocycles. The largest absolute Gasteiger partial charge is 0.296 e. The first kappa shape index (κ1) is 26.1. The number of thioether (sulfide) groups is 1. The third-order valence-corrected chi connectivity index (χ3v) is 7.96. The molecule has 0 atom stereocenters. The molecule has 38 heavy (non-hydrogen) atoms. The van der Waals surface area contributed by atoms with Gasteiger partial charge in [-0.1, -0.05) is 74.3 Å². The number of para-hydroxylation sites is 1. The summed E-state index contributed by atoms with van der Waals surface area (Å²) in [6.07, 6.45) is 3.40. The third-order valence-electron chi connectivity index (χ3n) is 5.94. The number of benzene rings is 3. The molecule has 0 unspecified atom stereocenters. The van der Waals surface area contributed by atoms with Crippen LogP contribution in [0, 0.1) is 6.92 Å². The lowest BCUT2D eigenvalue weighted by Crippen LogP contribution is -2.33. The minimum absolute atomic E-state index is 0.241. The number of anilines is 1. The maximum atomic E-state index is 13.8. The molecule has 5 rings (SSSR count). The highest BCUT2D eigenvalue weighted by Gasteiger charge is 2.39. The summed E-state index contributed by atoms with van der Waals surface area (Å²) in [5, 5.41) is 8.94. The lowest BCUT2D eigenvalue weighted by molar-refractivity contribution is -0.113. The number of carbonyl (C=O) groups is 1. The highest BCUT2D eigenvalue weighted by atomic mass is 79.9. The van der Waals surface area contributed by atoms with E-state index in [4.69, 9.17) is 0 Å². The van der Waals surface area contributed by atoms with Gasteiger partial charge in [-0.15, -0.1) is 5.10 Å². The van der Waals surface area contributed by atoms with Gasteiger partial charge in [0.2, 0.25) is 5.17 Å². The van der Waals surface area contributed by atoms with Crippen LogP contribution in [0.3, 0.4) is 0 Å². The Morgan fingerprint density at radius 1 is 0.842 bits per heavy atom. The summed E-state index contributed by atoms with van der Waals surface area (Å²) in [6, 6.07) is 24.6. The molecule has 4 aromatic rings. The first-order valence-electron chi connectivity index (χ1n) is 11.5. The molecule has 0 spiro atoms. The number of rotatable bonds is 5. The van der Waals surface area contributed by atoms with E-state index < -0.39 is 0 Å². The number of carbonyl (C=O) groups excluding carboxylic acids is 1. The minimum Gasteiger partial charge on any atom is -0.283 e. The van der Waals surface area contributed by atoms with Crippen LogP contribution in [0.15, 0.2) is 108 Å². The molecule has 1 aliphatic rings. The molecule has 0 radical (unpaired) electrons. The summed E-state index contributed by atoms with van der Waals surface area (Å²) in [4.78, 5) is 29.3. The van der Waals surface area contributed by atoms with E-state index in [1.54, 1.807) is 28.7 Å². The SMILES string of the molecule is Cc1c(N2C(=O)/C(=C/c3ccc(Br)cc3)S/C2=N\N=C\c2ccc(Br)cc2)c(=O)n(-c2ccccc2)n1C. The van der Waals surface area contributed by atoms with E-state index in [0.29, 0.717) is 21.5 Å². The third kappa shape index (κ3) is 5.24. The van der Waals surface area contributed by atoms with Crippen LogP contribution in [0.5, 0.6) is 0 Å². The van der Waals surface area contributed by atoms with Crippen molar-refractivity contribution < 1.29 is 4.79 Å². The molecule has 1 aromatic heterocycles. The standard InChI is InChI=1S/C28H21Br2N5O2S/c1-18-25(27(37)35(33(18)2)23-6-4-3-5-7-23)34-26(36)24(16-19-8-12-21(29)13-9-19)38-28(34)32-31-17-20-10-14-22(30)15-11-20/h3-17H,1-2H3/b24-16-,31-17+,32-28-. The smallest absolute Gasteiger partial charge is 0.283 e. The van der Waals surface area contributed by atoms with Crippen LogP contribution >= 0.6 is 43.6 Å². The number of nitrogens with zero attached hydrogens (tertiary/aromatic N) is 5. The van der Waals surface area contributed by atoms with Crippen LogP contribution in [0.1, 0.15) is 16.8 Å². The first-order valence-corrected chi connectivity index (χ1v) is 13.9. The summed E-state index contributed by atoms with van der Waals surface area (Å²) < 4.78 is 5.19. The second-order valence-electron chi connectivity index (χ2n) is 8.39. The zero-order valence-electron chi connectivity index (χ0n) is 20.4. The minimum atomic E-state index is -0.332. The summed E-state index contributed by atoms with van der Waals surface area (Å²) in [5.74, 6) is -0.332. The van der Waals surface area contributed by atoms with Gasteiger partial charge in [0.15, 0.2) is 0 Å². The van der Waals surface area contributed by atoms with Crippen molar-refractivity contribution in [3.05, 3.63) is 120 Å². The van der Waals surface area contributed by atoms with Crippen molar-refractivity contribution in [2.45, 2.75) is 6.92 Å². The van der Waals surface area contributed by atoms with Crippen molar-refractivity contribution in [1.82, 2.24) is 9.36 Å². The Labute approximate surface area is 240 Å². The van der Waals surface area contributed by atoms with Crippen molar-refractivity contribution >= 4 is 72.7 Å². The molecular weight excluding hydrogens is 630 g/mol. The number of amides is 1. The Bertz CT molecular complexity index is 1650. The number of amidine groups is 1. The van der Waals surface area contributed by atoms with Crippen LogP contribution < -0.4 is 10.5 Å². The fraction of sp³-hybridized carbons (Fsp3) is 0.0714. The van der Waals surface area contributed by atoms with Gasteiger partial charge >= 0.3 is 0 Å². The lowest BCUT2D eigenvalue weighted by Gasteiger charge is -2.12. The predicted octanol–water partition coefficient (Wildman–Crippen LogP) is 6.52. The molecule has 0 bridgehead atoms. The highest BCUT2D eigenvalue weighted by Crippen LogP contribution is 2.36. The Morgan fingerprint density at radius 2 is 1.45 bits per heavy atom. The summed E-state index contributed by atoms with van der Waals surface area (Å²) >= 11 is 8.04. The average molecular weight is 651 g/mol. The van der Waals surface area contributed by atoms with E-state index >= 15 is 0 Å². The topological polar surface area (TPSA) is 72.0 Å². The molecule has 1 amide bonds. The van der Waals surface area contributed by atoms with E-state index in [0.717, 1.165) is 20.1 Å². The van der Waals surface area contributed by atoms with Gasteiger partial charge in [-0.05, 0) is 72.3 Å². The van der Waals surface area contributed by atoms with E-state index in [1.807, 2.05) is 85.8 Å². The summed E-state index contributed by atoms with van der Waals surface area (Å²) in [6.45, 7) is 1.81. The fourth-order valence-electron chi connectivity index (χ4n) is 3.95. The number of hydrogen-bond acceptors (Lipinski definition) is 5. The molecule has 2 heterocycles. The Kier molecular flexibility index (Phi) is 7.64. The molecule has 7 nitrogen and oxygen atoms in total. The van der Waals surface area contributed by atoms with Crippen molar-refractivity contribution in [2.75, 3.05) is 4.90 Å². The van der Waals surface area contributed by atoms with E-state index in [2.05, 4.69) is 42.1 Å². The number of hydrogen-bond donors (Lipinski definition) is 0. The predicted molar refractivity (Wildman–Crippen MR) is 162 cm³/mol. The van der Waals surface area contributed by atoms with Gasteiger partial charge < -0.3 is 0 Å². The highest BCUT2D eigenvalue weighted by molar-refractivity contribution is 9.10. The Morgan fingerprint density at radius 3 is 2.08 bits per heavy atom. The Hall–Kier alpha value is -3.47. The maximum Gasteiger partial charge on any atom is 0.296 e. The molecule has 0 aliphatic carbocycles. The summed E-state index contributed by atoms with van der Waals surface area (Å²) in [7, 11) is 1.79. The van der Waals surface area contributed by atoms with Gasteiger partial charge in [0.05, 0.1) is 22.5 Å². The first-order chi connectivity index (χ1) is 18.3. The van der Waals surface area contributed by atoms with Crippen molar-refractivity contribution in [3.63, 3.8) is 0 Å². The summed E-state index contributed by atoms with van der Waals surface area (Å²) in [5.41, 5.74) is 2.96. The zero-order chi connectivity index (χ0) is 26.8. The molecule has 190 valence electrons. The second kappa shape index (κ2) is 11.1. The lowest BCUT2D eigenvalue weighted by atomic mass is 10.2. The maximum absolute atomic E-state index is 13.8. The van der Waals surface area contributed by atoms with Gasteiger partial charge in [0.1, 0.15) is 5.69 Å². The molecule has 3 aromatic carbocycles. The molecule has 1 fully saturated rings. The molecule has 0 N–H and O–H groups in total. The van der Waals surface area contributed by atoms with E-state index in [-0.39, 0.29) is 17.2 Å². The van der Waals surface area contributed by atoms with Gasteiger partial charge in [0.25, 0.3) is 11.5 Å². The number of aromatic nitrogens is 2. The molecule has 0 saturated carbocycles. The van der Waals surface area contributed by atoms with Crippen LogP contribution in [0.4, 0.5) is 5.69 Å². The zero-order valence-corrected chi connectivity index (χ0v) is 24.4.